The van der Waals surface area contributed by atoms with Crippen molar-refractivity contribution in [1.82, 2.24) is 0 Å². The molecule has 0 spiro atoms. The molecular formula is C15H20. The molecule has 0 aliphatic rings. The zero-order valence-electron chi connectivity index (χ0n) is 10.0. The lowest BCUT2D eigenvalue weighted by Gasteiger charge is -2.16. The number of hydrogen-bond donors (Lipinski definition) is 0. The Bertz CT molecular complexity index is 355. The number of aryl methyl sites for hydroxylation is 2. The van der Waals surface area contributed by atoms with Crippen LogP contribution in [0, 0.1) is 26.2 Å². The lowest BCUT2D eigenvalue weighted by Crippen LogP contribution is -2.00. The van der Waals surface area contributed by atoms with Crippen molar-refractivity contribution in [1.29, 1.82) is 0 Å². The average Bonchev–Trinajstić information content (AvgIpc) is 2.17. The molecule has 1 aromatic carbocycles. The van der Waals surface area contributed by atoms with Gasteiger partial charge >= 0.3 is 0 Å². The largest absolute Gasteiger partial charge is 0.120 e. The van der Waals surface area contributed by atoms with Gasteiger partial charge in [0, 0.05) is 6.42 Å². The van der Waals surface area contributed by atoms with E-state index in [2.05, 4.69) is 44.9 Å². The summed E-state index contributed by atoms with van der Waals surface area (Å²) in [7, 11) is 0. The van der Waals surface area contributed by atoms with E-state index in [9.17, 15) is 0 Å². The summed E-state index contributed by atoms with van der Waals surface area (Å²) in [5.74, 6) is 3.34. The Morgan fingerprint density at radius 1 is 1.33 bits per heavy atom. The fraction of sp³-hybridized carbons (Fsp3) is 0.467. The molecule has 0 aliphatic carbocycles. The van der Waals surface area contributed by atoms with Gasteiger partial charge in [0.25, 0.3) is 0 Å². The monoisotopic (exact) mass is 200 g/mol. The van der Waals surface area contributed by atoms with E-state index >= 15 is 0 Å². The molecule has 1 unspecified atom stereocenters. The quantitative estimate of drug-likeness (QED) is 0.639. The first-order valence-electron chi connectivity index (χ1n) is 5.69. The van der Waals surface area contributed by atoms with Crippen LogP contribution in [0.3, 0.4) is 0 Å². The molecule has 0 bridgehead atoms. The van der Waals surface area contributed by atoms with Crippen LogP contribution in [-0.4, -0.2) is 0 Å². The van der Waals surface area contributed by atoms with E-state index in [1.165, 1.54) is 29.5 Å². The van der Waals surface area contributed by atoms with E-state index < -0.39 is 0 Å². The van der Waals surface area contributed by atoms with Gasteiger partial charge in [0.15, 0.2) is 0 Å². The SMILES string of the molecule is C#CCC(CCC)c1ccc(C)cc1C. The third-order valence-electron chi connectivity index (χ3n) is 2.87. The van der Waals surface area contributed by atoms with Crippen molar-refractivity contribution in [2.24, 2.45) is 0 Å². The minimum Gasteiger partial charge on any atom is -0.120 e. The molecule has 15 heavy (non-hydrogen) atoms. The molecule has 0 radical (unpaired) electrons. The molecule has 1 atom stereocenters. The second kappa shape index (κ2) is 5.61. The van der Waals surface area contributed by atoms with Gasteiger partial charge < -0.3 is 0 Å². The first-order valence-corrected chi connectivity index (χ1v) is 5.69. The van der Waals surface area contributed by atoms with Crippen molar-refractivity contribution in [2.45, 2.75) is 46.0 Å². The van der Waals surface area contributed by atoms with E-state index in [-0.39, 0.29) is 0 Å². The smallest absolute Gasteiger partial charge is 0.0155 e. The molecule has 0 amide bonds. The molecule has 1 aromatic rings. The summed E-state index contributed by atoms with van der Waals surface area (Å²) >= 11 is 0. The summed E-state index contributed by atoms with van der Waals surface area (Å²) in [5.41, 5.74) is 4.14. The maximum absolute atomic E-state index is 5.43. The predicted octanol–water partition coefficient (Wildman–Crippen LogP) is 4.21. The number of hydrogen-bond acceptors (Lipinski definition) is 0. The van der Waals surface area contributed by atoms with Crippen LogP contribution in [0.25, 0.3) is 0 Å². The Morgan fingerprint density at radius 3 is 2.60 bits per heavy atom. The average molecular weight is 200 g/mol. The van der Waals surface area contributed by atoms with Crippen LogP contribution in [-0.2, 0) is 0 Å². The van der Waals surface area contributed by atoms with E-state index in [0.29, 0.717) is 5.92 Å². The summed E-state index contributed by atoms with van der Waals surface area (Å²) in [6.07, 6.45) is 8.67. The summed E-state index contributed by atoms with van der Waals surface area (Å²) in [6, 6.07) is 6.67. The lowest BCUT2D eigenvalue weighted by atomic mass is 9.88. The fourth-order valence-electron chi connectivity index (χ4n) is 2.14. The van der Waals surface area contributed by atoms with E-state index in [4.69, 9.17) is 6.42 Å². The third-order valence-corrected chi connectivity index (χ3v) is 2.87. The van der Waals surface area contributed by atoms with Crippen LogP contribution in [0.5, 0.6) is 0 Å². The Labute approximate surface area is 93.7 Å². The molecule has 0 fully saturated rings. The van der Waals surface area contributed by atoms with Crippen LogP contribution in [0.15, 0.2) is 18.2 Å². The van der Waals surface area contributed by atoms with Crippen molar-refractivity contribution >= 4 is 0 Å². The van der Waals surface area contributed by atoms with Crippen molar-refractivity contribution < 1.29 is 0 Å². The molecule has 0 heteroatoms. The molecule has 0 N–H and O–H groups in total. The Kier molecular flexibility index (Phi) is 4.43. The van der Waals surface area contributed by atoms with Gasteiger partial charge in [-0.2, -0.15) is 0 Å². The van der Waals surface area contributed by atoms with E-state index in [0.717, 1.165) is 6.42 Å². The molecule has 0 aliphatic heterocycles. The summed E-state index contributed by atoms with van der Waals surface area (Å²) in [5, 5.41) is 0. The Morgan fingerprint density at radius 2 is 2.07 bits per heavy atom. The minimum absolute atomic E-state index is 0.542. The van der Waals surface area contributed by atoms with Gasteiger partial charge in [-0.15, -0.1) is 12.3 Å². The normalized spacial score (nSPS) is 12.1. The first kappa shape index (κ1) is 11.9. The van der Waals surface area contributed by atoms with Crippen LogP contribution in [0.4, 0.5) is 0 Å². The standard InChI is InChI=1S/C15H20/c1-5-7-14(8-6-2)15-10-9-12(3)11-13(15)4/h1,9-11,14H,6-8H2,2-4H3. The van der Waals surface area contributed by atoms with Gasteiger partial charge in [0.2, 0.25) is 0 Å². The van der Waals surface area contributed by atoms with Crippen molar-refractivity contribution in [3.05, 3.63) is 34.9 Å². The lowest BCUT2D eigenvalue weighted by molar-refractivity contribution is 0.625. The zero-order chi connectivity index (χ0) is 11.3. The number of terminal acetylenes is 1. The third kappa shape index (κ3) is 3.13. The number of rotatable bonds is 4. The van der Waals surface area contributed by atoms with Gasteiger partial charge in [-0.1, -0.05) is 37.1 Å². The Balaban J connectivity index is 2.95. The van der Waals surface area contributed by atoms with Gasteiger partial charge in [0.1, 0.15) is 0 Å². The molecule has 0 nitrogen and oxygen atoms in total. The van der Waals surface area contributed by atoms with Crippen LogP contribution >= 0.6 is 0 Å². The highest BCUT2D eigenvalue weighted by atomic mass is 14.2. The van der Waals surface area contributed by atoms with Crippen molar-refractivity contribution in [2.75, 3.05) is 0 Å². The van der Waals surface area contributed by atoms with Gasteiger partial charge in [-0.3, -0.25) is 0 Å². The highest BCUT2D eigenvalue weighted by molar-refractivity contribution is 5.33. The van der Waals surface area contributed by atoms with Crippen LogP contribution in [0.1, 0.15) is 48.8 Å². The fourth-order valence-corrected chi connectivity index (χ4v) is 2.14. The van der Waals surface area contributed by atoms with Gasteiger partial charge in [-0.25, -0.2) is 0 Å². The molecule has 0 aromatic heterocycles. The number of benzene rings is 1. The highest BCUT2D eigenvalue weighted by Crippen LogP contribution is 2.27. The summed E-state index contributed by atoms with van der Waals surface area (Å²) < 4.78 is 0. The van der Waals surface area contributed by atoms with Gasteiger partial charge in [-0.05, 0) is 37.3 Å². The molecule has 0 heterocycles. The van der Waals surface area contributed by atoms with Crippen LogP contribution in [0.2, 0.25) is 0 Å². The first-order chi connectivity index (χ1) is 7.19. The second-order valence-corrected chi connectivity index (χ2v) is 4.25. The van der Waals surface area contributed by atoms with E-state index in [1.807, 2.05) is 0 Å². The minimum atomic E-state index is 0.542. The topological polar surface area (TPSA) is 0 Å². The second-order valence-electron chi connectivity index (χ2n) is 4.25. The van der Waals surface area contributed by atoms with Crippen molar-refractivity contribution in [3.63, 3.8) is 0 Å². The summed E-state index contributed by atoms with van der Waals surface area (Å²) in [4.78, 5) is 0. The maximum Gasteiger partial charge on any atom is 0.0155 e. The molecular weight excluding hydrogens is 180 g/mol. The predicted molar refractivity (Wildman–Crippen MR) is 67.0 cm³/mol. The van der Waals surface area contributed by atoms with Gasteiger partial charge in [0.05, 0.1) is 0 Å². The van der Waals surface area contributed by atoms with Crippen molar-refractivity contribution in [3.8, 4) is 12.3 Å². The summed E-state index contributed by atoms with van der Waals surface area (Å²) in [6.45, 7) is 6.53. The van der Waals surface area contributed by atoms with Crippen LogP contribution < -0.4 is 0 Å². The molecule has 80 valence electrons. The highest BCUT2D eigenvalue weighted by Gasteiger charge is 2.11. The maximum atomic E-state index is 5.43. The molecule has 0 saturated carbocycles. The molecule has 1 rings (SSSR count). The molecule has 0 saturated heterocycles. The van der Waals surface area contributed by atoms with E-state index in [1.54, 1.807) is 0 Å². The zero-order valence-corrected chi connectivity index (χ0v) is 10.0. The Hall–Kier alpha value is -1.22.